The smallest absolute Gasteiger partial charge is 0.232 e. The van der Waals surface area contributed by atoms with Crippen LogP contribution in [0.3, 0.4) is 0 Å². The molecule has 2 aliphatic rings. The average molecular weight is 441 g/mol. The molecule has 3 aromatic rings. The third kappa shape index (κ3) is 4.98. The van der Waals surface area contributed by atoms with Gasteiger partial charge in [0.05, 0.1) is 6.42 Å². The second-order valence-electron chi connectivity index (χ2n) is 9.30. The van der Waals surface area contributed by atoms with Gasteiger partial charge in [-0.25, -0.2) is 9.97 Å². The van der Waals surface area contributed by atoms with Crippen LogP contribution < -0.4 is 4.90 Å². The molecule has 1 atom stereocenters. The van der Waals surface area contributed by atoms with Crippen molar-refractivity contribution in [1.82, 2.24) is 14.9 Å². The molecule has 1 saturated heterocycles. The monoisotopic (exact) mass is 440 g/mol. The summed E-state index contributed by atoms with van der Waals surface area (Å²) >= 11 is 0. The average Bonchev–Trinajstić information content (AvgIpc) is 3.44. The summed E-state index contributed by atoms with van der Waals surface area (Å²) in [4.78, 5) is 27.0. The molecule has 0 aliphatic carbocycles. The van der Waals surface area contributed by atoms with Gasteiger partial charge in [0.25, 0.3) is 0 Å². The highest BCUT2D eigenvalue weighted by Crippen LogP contribution is 2.33. The van der Waals surface area contributed by atoms with Crippen LogP contribution in [-0.4, -0.2) is 47.0 Å². The maximum atomic E-state index is 12.8. The van der Waals surface area contributed by atoms with E-state index in [1.54, 1.807) is 0 Å². The molecule has 0 spiro atoms. The van der Waals surface area contributed by atoms with E-state index in [9.17, 15) is 4.79 Å². The number of hydrogen-bond acceptors (Lipinski definition) is 4. The lowest BCUT2D eigenvalue weighted by Crippen LogP contribution is -2.29. The van der Waals surface area contributed by atoms with Crippen LogP contribution in [0, 0.1) is 6.92 Å². The molecule has 5 rings (SSSR count). The van der Waals surface area contributed by atoms with Crippen molar-refractivity contribution in [3.05, 3.63) is 88.9 Å². The number of rotatable bonds is 8. The number of fused-ring (bicyclic) bond motifs is 1. The molecule has 2 aromatic carbocycles. The predicted octanol–water partition coefficient (Wildman–Crippen LogP) is 4.34. The van der Waals surface area contributed by atoms with Crippen LogP contribution in [0.15, 0.2) is 60.7 Å². The largest absolute Gasteiger partial charge is 0.302 e. The number of hydrogen-bond donors (Lipinski definition) is 0. The first-order valence-corrected chi connectivity index (χ1v) is 12.2. The summed E-state index contributed by atoms with van der Waals surface area (Å²) < 4.78 is 0. The first-order chi connectivity index (χ1) is 16.2. The minimum absolute atomic E-state index is 0.156. The molecule has 5 nitrogen and oxygen atoms in total. The highest BCUT2D eigenvalue weighted by molar-refractivity contribution is 6.00. The summed E-state index contributed by atoms with van der Waals surface area (Å²) in [5.74, 6) is 2.27. The Labute approximate surface area is 196 Å². The summed E-state index contributed by atoms with van der Waals surface area (Å²) in [6.45, 7) is 5.88. The molecule has 2 aliphatic heterocycles. The molecule has 5 heteroatoms. The van der Waals surface area contributed by atoms with E-state index >= 15 is 0 Å². The van der Waals surface area contributed by atoms with Gasteiger partial charge in [0, 0.05) is 36.8 Å². The Morgan fingerprint density at radius 2 is 1.61 bits per heavy atom. The number of likely N-dealkylation sites (tertiary alicyclic amines) is 1. The summed E-state index contributed by atoms with van der Waals surface area (Å²) in [5.41, 5.74) is 4.68. The van der Waals surface area contributed by atoms with Crippen molar-refractivity contribution < 1.29 is 4.79 Å². The number of carbonyl (C=O) groups is 1. The van der Waals surface area contributed by atoms with Crippen LogP contribution in [-0.2, 0) is 24.1 Å². The second-order valence-corrected chi connectivity index (χ2v) is 9.30. The zero-order valence-corrected chi connectivity index (χ0v) is 19.4. The molecule has 1 aromatic heterocycles. The van der Waals surface area contributed by atoms with Crippen molar-refractivity contribution in [1.29, 1.82) is 0 Å². The van der Waals surface area contributed by atoms with Crippen molar-refractivity contribution in [2.75, 3.05) is 31.1 Å². The van der Waals surface area contributed by atoms with E-state index in [4.69, 9.17) is 9.97 Å². The SMILES string of the molecule is Cc1nc([C@@H]2CCN(CCc3ccccc3)C2)nc2c1CC(=O)N2CCCc1ccccc1. The molecule has 1 amide bonds. The molecule has 0 N–H and O–H groups in total. The van der Waals surface area contributed by atoms with Crippen LogP contribution in [0.5, 0.6) is 0 Å². The van der Waals surface area contributed by atoms with Crippen LogP contribution >= 0.6 is 0 Å². The van der Waals surface area contributed by atoms with Crippen LogP contribution in [0.2, 0.25) is 0 Å². The normalized spacial score (nSPS) is 18.2. The molecule has 1 fully saturated rings. The summed E-state index contributed by atoms with van der Waals surface area (Å²) in [7, 11) is 0. The number of carbonyl (C=O) groups excluding carboxylic acids is 1. The lowest BCUT2D eigenvalue weighted by Gasteiger charge is -2.19. The standard InChI is InChI=1S/C28H32N4O/c1-21-25-19-26(33)32(16-8-13-22-9-4-2-5-10-22)28(25)30-27(29-21)24-15-18-31(20-24)17-14-23-11-6-3-7-12-23/h2-7,9-12,24H,8,13-20H2,1H3/t24-/m1/s1. The lowest BCUT2D eigenvalue weighted by atomic mass is 10.1. The van der Waals surface area contributed by atoms with Gasteiger partial charge in [0.1, 0.15) is 11.6 Å². The van der Waals surface area contributed by atoms with Gasteiger partial charge in [-0.3, -0.25) is 9.69 Å². The minimum Gasteiger partial charge on any atom is -0.302 e. The second kappa shape index (κ2) is 9.84. The van der Waals surface area contributed by atoms with E-state index in [1.165, 1.54) is 11.1 Å². The number of nitrogens with zero attached hydrogens (tertiary/aromatic N) is 4. The third-order valence-electron chi connectivity index (χ3n) is 6.98. The van der Waals surface area contributed by atoms with Crippen LogP contribution in [0.4, 0.5) is 5.82 Å². The van der Waals surface area contributed by atoms with E-state index < -0.39 is 0 Å². The molecular weight excluding hydrogens is 408 g/mol. The summed E-state index contributed by atoms with van der Waals surface area (Å²) in [6.07, 6.45) is 4.48. The molecule has 0 radical (unpaired) electrons. The van der Waals surface area contributed by atoms with Crippen LogP contribution in [0.25, 0.3) is 0 Å². The van der Waals surface area contributed by atoms with Crippen molar-refractivity contribution in [2.24, 2.45) is 0 Å². The Hall–Kier alpha value is -3.05. The van der Waals surface area contributed by atoms with Gasteiger partial charge in [-0.1, -0.05) is 60.7 Å². The number of anilines is 1. The minimum atomic E-state index is 0.156. The molecule has 0 saturated carbocycles. The highest BCUT2D eigenvalue weighted by atomic mass is 16.2. The van der Waals surface area contributed by atoms with Crippen LogP contribution in [0.1, 0.15) is 47.0 Å². The predicted molar refractivity (Wildman–Crippen MR) is 132 cm³/mol. The maximum Gasteiger partial charge on any atom is 0.232 e. The van der Waals surface area contributed by atoms with E-state index in [-0.39, 0.29) is 5.91 Å². The molecular formula is C28H32N4O. The van der Waals surface area contributed by atoms with E-state index in [0.717, 1.165) is 68.2 Å². The Kier molecular flexibility index (Phi) is 6.49. The van der Waals surface area contributed by atoms with Crippen molar-refractivity contribution in [3.63, 3.8) is 0 Å². The maximum absolute atomic E-state index is 12.8. The molecule has 3 heterocycles. The van der Waals surface area contributed by atoms with Gasteiger partial charge in [-0.2, -0.15) is 0 Å². The van der Waals surface area contributed by atoms with Gasteiger partial charge in [0.15, 0.2) is 0 Å². The number of aryl methyl sites for hydroxylation is 2. The third-order valence-corrected chi connectivity index (χ3v) is 6.98. The summed E-state index contributed by atoms with van der Waals surface area (Å²) in [5, 5.41) is 0. The zero-order chi connectivity index (χ0) is 22.6. The van der Waals surface area contributed by atoms with Gasteiger partial charge >= 0.3 is 0 Å². The van der Waals surface area contributed by atoms with Gasteiger partial charge < -0.3 is 4.90 Å². The number of aromatic nitrogens is 2. The topological polar surface area (TPSA) is 49.3 Å². The van der Waals surface area contributed by atoms with Gasteiger partial charge in [-0.15, -0.1) is 0 Å². The van der Waals surface area contributed by atoms with Gasteiger partial charge in [0.2, 0.25) is 5.91 Å². The first-order valence-electron chi connectivity index (χ1n) is 12.2. The van der Waals surface area contributed by atoms with E-state index in [2.05, 4.69) is 59.5 Å². The molecule has 33 heavy (non-hydrogen) atoms. The highest BCUT2D eigenvalue weighted by Gasteiger charge is 2.33. The Morgan fingerprint density at radius 3 is 2.33 bits per heavy atom. The van der Waals surface area contributed by atoms with Gasteiger partial charge in [-0.05, 0) is 50.3 Å². The van der Waals surface area contributed by atoms with E-state index in [1.807, 2.05) is 17.9 Å². The number of benzene rings is 2. The zero-order valence-electron chi connectivity index (χ0n) is 19.4. The Bertz CT molecular complexity index is 1100. The molecule has 170 valence electrons. The fourth-order valence-corrected chi connectivity index (χ4v) is 5.07. The first kappa shape index (κ1) is 21.8. The van der Waals surface area contributed by atoms with Crippen molar-refractivity contribution >= 4 is 11.7 Å². The fourth-order valence-electron chi connectivity index (χ4n) is 5.07. The molecule has 0 bridgehead atoms. The van der Waals surface area contributed by atoms with Crippen molar-refractivity contribution in [3.8, 4) is 0 Å². The fraction of sp³-hybridized carbons (Fsp3) is 0.393. The lowest BCUT2D eigenvalue weighted by molar-refractivity contribution is -0.117. The van der Waals surface area contributed by atoms with E-state index in [0.29, 0.717) is 18.9 Å². The summed E-state index contributed by atoms with van der Waals surface area (Å²) in [6, 6.07) is 21.1. The van der Waals surface area contributed by atoms with Crippen molar-refractivity contribution in [2.45, 2.75) is 44.9 Å². The number of amides is 1. The molecule has 0 unspecified atom stereocenters. The Balaban J connectivity index is 1.24. The Morgan fingerprint density at radius 1 is 0.909 bits per heavy atom. The quantitative estimate of drug-likeness (QED) is 0.523.